The van der Waals surface area contributed by atoms with Crippen molar-refractivity contribution in [2.45, 2.75) is 20.4 Å². The first-order chi connectivity index (χ1) is 13.0. The smallest absolute Gasteiger partial charge is 0.253 e. The van der Waals surface area contributed by atoms with Crippen LogP contribution in [0.15, 0.2) is 60.8 Å². The molecule has 138 valence electrons. The summed E-state index contributed by atoms with van der Waals surface area (Å²) in [6.07, 6.45) is 1.58. The third kappa shape index (κ3) is 4.85. The van der Waals surface area contributed by atoms with Crippen LogP contribution in [0.2, 0.25) is 0 Å². The molecule has 0 saturated heterocycles. The van der Waals surface area contributed by atoms with Crippen molar-refractivity contribution in [3.05, 3.63) is 83.0 Å². The van der Waals surface area contributed by atoms with Gasteiger partial charge in [0.2, 0.25) is 0 Å². The van der Waals surface area contributed by atoms with Crippen LogP contribution in [-0.2, 0) is 6.54 Å². The van der Waals surface area contributed by atoms with E-state index in [1.54, 1.807) is 19.4 Å². The summed E-state index contributed by atoms with van der Waals surface area (Å²) < 4.78 is 5.13. The van der Waals surface area contributed by atoms with Gasteiger partial charge in [-0.1, -0.05) is 24.3 Å². The maximum Gasteiger partial charge on any atom is 0.253 e. The minimum atomic E-state index is -0.156. The van der Waals surface area contributed by atoms with Gasteiger partial charge < -0.3 is 15.4 Å². The SMILES string of the molecule is COc1ccc(CNC(=O)c2ccc(Nc3cc(C)ccc3C)nc2)cc1. The number of anilines is 2. The van der Waals surface area contributed by atoms with Crippen molar-refractivity contribution >= 4 is 17.4 Å². The largest absolute Gasteiger partial charge is 0.497 e. The lowest BCUT2D eigenvalue weighted by Gasteiger charge is -2.10. The molecule has 27 heavy (non-hydrogen) atoms. The number of carbonyl (C=O) groups is 1. The van der Waals surface area contributed by atoms with Gasteiger partial charge in [-0.3, -0.25) is 4.79 Å². The fraction of sp³-hybridized carbons (Fsp3) is 0.182. The number of benzene rings is 2. The Morgan fingerprint density at radius 1 is 1.04 bits per heavy atom. The van der Waals surface area contributed by atoms with Gasteiger partial charge in [0.1, 0.15) is 11.6 Å². The predicted molar refractivity (Wildman–Crippen MR) is 108 cm³/mol. The quantitative estimate of drug-likeness (QED) is 0.684. The highest BCUT2D eigenvalue weighted by atomic mass is 16.5. The van der Waals surface area contributed by atoms with Gasteiger partial charge in [-0.25, -0.2) is 4.98 Å². The molecule has 0 atom stereocenters. The molecule has 0 saturated carbocycles. The van der Waals surface area contributed by atoms with E-state index in [9.17, 15) is 4.79 Å². The summed E-state index contributed by atoms with van der Waals surface area (Å²) in [5.41, 5.74) is 4.86. The summed E-state index contributed by atoms with van der Waals surface area (Å²) >= 11 is 0. The maximum atomic E-state index is 12.3. The topological polar surface area (TPSA) is 63.2 Å². The Bertz CT molecular complexity index is 919. The summed E-state index contributed by atoms with van der Waals surface area (Å²) in [6, 6.07) is 17.4. The molecular formula is C22H23N3O2. The van der Waals surface area contributed by atoms with Gasteiger partial charge >= 0.3 is 0 Å². The Morgan fingerprint density at radius 3 is 2.48 bits per heavy atom. The average Bonchev–Trinajstić information content (AvgIpc) is 2.70. The average molecular weight is 361 g/mol. The second-order valence-electron chi connectivity index (χ2n) is 6.41. The van der Waals surface area contributed by atoms with Gasteiger partial charge in [-0.05, 0) is 60.9 Å². The van der Waals surface area contributed by atoms with Gasteiger partial charge in [0, 0.05) is 18.4 Å². The summed E-state index contributed by atoms with van der Waals surface area (Å²) in [5, 5.41) is 6.19. The van der Waals surface area contributed by atoms with Gasteiger partial charge in [0.05, 0.1) is 12.7 Å². The first-order valence-corrected chi connectivity index (χ1v) is 8.76. The second kappa shape index (κ2) is 8.36. The molecule has 0 aliphatic heterocycles. The molecule has 3 rings (SSSR count). The van der Waals surface area contributed by atoms with E-state index in [1.807, 2.05) is 44.2 Å². The van der Waals surface area contributed by atoms with E-state index in [-0.39, 0.29) is 5.91 Å². The van der Waals surface area contributed by atoms with Crippen molar-refractivity contribution in [2.75, 3.05) is 12.4 Å². The van der Waals surface area contributed by atoms with E-state index in [4.69, 9.17) is 4.74 Å². The number of aromatic nitrogens is 1. The van der Waals surface area contributed by atoms with E-state index in [0.29, 0.717) is 17.9 Å². The van der Waals surface area contributed by atoms with Gasteiger partial charge in [0.15, 0.2) is 0 Å². The number of rotatable bonds is 6. The van der Waals surface area contributed by atoms with E-state index in [1.165, 1.54) is 5.56 Å². The lowest BCUT2D eigenvalue weighted by atomic mass is 10.1. The van der Waals surface area contributed by atoms with Gasteiger partial charge in [0.25, 0.3) is 5.91 Å². The lowest BCUT2D eigenvalue weighted by Crippen LogP contribution is -2.22. The second-order valence-corrected chi connectivity index (χ2v) is 6.41. The van der Waals surface area contributed by atoms with Crippen LogP contribution in [0.25, 0.3) is 0 Å². The number of ether oxygens (including phenoxy) is 1. The minimum absolute atomic E-state index is 0.156. The summed E-state index contributed by atoms with van der Waals surface area (Å²) in [5.74, 6) is 1.34. The molecule has 0 radical (unpaired) electrons. The summed E-state index contributed by atoms with van der Waals surface area (Å²) in [4.78, 5) is 16.7. The van der Waals surface area contributed by atoms with Crippen LogP contribution in [-0.4, -0.2) is 18.0 Å². The highest BCUT2D eigenvalue weighted by Gasteiger charge is 2.07. The van der Waals surface area contributed by atoms with Crippen LogP contribution < -0.4 is 15.4 Å². The Kier molecular flexibility index (Phi) is 5.71. The van der Waals surface area contributed by atoms with Crippen LogP contribution >= 0.6 is 0 Å². The molecule has 0 aliphatic rings. The number of aryl methyl sites for hydroxylation is 2. The van der Waals surface area contributed by atoms with E-state index in [0.717, 1.165) is 22.6 Å². The number of pyridine rings is 1. The van der Waals surface area contributed by atoms with Crippen molar-refractivity contribution in [3.8, 4) is 5.75 Å². The number of hydrogen-bond donors (Lipinski definition) is 2. The summed E-state index contributed by atoms with van der Waals surface area (Å²) in [7, 11) is 1.63. The zero-order valence-electron chi connectivity index (χ0n) is 15.7. The number of amides is 1. The van der Waals surface area contributed by atoms with Crippen molar-refractivity contribution in [1.29, 1.82) is 0 Å². The zero-order valence-corrected chi connectivity index (χ0v) is 15.7. The molecule has 2 N–H and O–H groups in total. The number of nitrogens with one attached hydrogen (secondary N) is 2. The standard InChI is InChI=1S/C22H23N3O2/c1-15-4-5-16(2)20(12-15)25-21-11-8-18(14-23-21)22(26)24-13-17-6-9-19(27-3)10-7-17/h4-12,14H,13H2,1-3H3,(H,23,25)(H,24,26). The molecule has 0 fully saturated rings. The monoisotopic (exact) mass is 361 g/mol. The molecule has 0 aliphatic carbocycles. The van der Waals surface area contributed by atoms with Crippen LogP contribution in [0.1, 0.15) is 27.0 Å². The maximum absolute atomic E-state index is 12.3. The van der Waals surface area contributed by atoms with Crippen molar-refractivity contribution in [2.24, 2.45) is 0 Å². The Labute approximate surface area is 159 Å². The fourth-order valence-corrected chi connectivity index (χ4v) is 2.64. The van der Waals surface area contributed by atoms with Crippen LogP contribution in [0.5, 0.6) is 5.75 Å². The number of carbonyl (C=O) groups excluding carboxylic acids is 1. The molecule has 0 unspecified atom stereocenters. The molecule has 0 spiro atoms. The van der Waals surface area contributed by atoms with E-state index in [2.05, 4.69) is 33.8 Å². The van der Waals surface area contributed by atoms with Crippen LogP contribution in [0.4, 0.5) is 11.5 Å². The molecule has 2 aromatic carbocycles. The first-order valence-electron chi connectivity index (χ1n) is 8.76. The van der Waals surface area contributed by atoms with Crippen molar-refractivity contribution in [1.82, 2.24) is 10.3 Å². The normalized spacial score (nSPS) is 10.3. The number of methoxy groups -OCH3 is 1. The molecule has 1 amide bonds. The molecule has 5 heteroatoms. The molecule has 1 heterocycles. The Morgan fingerprint density at radius 2 is 1.81 bits per heavy atom. The highest BCUT2D eigenvalue weighted by molar-refractivity contribution is 5.94. The third-order valence-electron chi connectivity index (χ3n) is 4.29. The molecule has 3 aromatic rings. The van der Waals surface area contributed by atoms with Crippen molar-refractivity contribution in [3.63, 3.8) is 0 Å². The molecule has 0 bridgehead atoms. The molecule has 1 aromatic heterocycles. The van der Waals surface area contributed by atoms with E-state index < -0.39 is 0 Å². The molecular weight excluding hydrogens is 338 g/mol. The minimum Gasteiger partial charge on any atom is -0.497 e. The van der Waals surface area contributed by atoms with Crippen LogP contribution in [0, 0.1) is 13.8 Å². The van der Waals surface area contributed by atoms with Gasteiger partial charge in [-0.15, -0.1) is 0 Å². The van der Waals surface area contributed by atoms with Gasteiger partial charge in [-0.2, -0.15) is 0 Å². The number of nitrogens with zero attached hydrogens (tertiary/aromatic N) is 1. The number of hydrogen-bond acceptors (Lipinski definition) is 4. The zero-order chi connectivity index (χ0) is 19.2. The third-order valence-corrected chi connectivity index (χ3v) is 4.29. The predicted octanol–water partition coefficient (Wildman–Crippen LogP) is 4.38. The molecule has 5 nitrogen and oxygen atoms in total. The summed E-state index contributed by atoms with van der Waals surface area (Å²) in [6.45, 7) is 4.54. The van der Waals surface area contributed by atoms with Crippen molar-refractivity contribution < 1.29 is 9.53 Å². The van der Waals surface area contributed by atoms with E-state index >= 15 is 0 Å². The fourth-order valence-electron chi connectivity index (χ4n) is 2.64. The Balaban J connectivity index is 1.60. The first kappa shape index (κ1) is 18.5. The lowest BCUT2D eigenvalue weighted by molar-refractivity contribution is 0.0950. The Hall–Kier alpha value is -3.34. The highest BCUT2D eigenvalue weighted by Crippen LogP contribution is 2.20. The van der Waals surface area contributed by atoms with Crippen LogP contribution in [0.3, 0.4) is 0 Å².